The molecule has 9 nitrogen and oxygen atoms in total. The van der Waals surface area contributed by atoms with Crippen LogP contribution in [-0.4, -0.2) is 87.5 Å². The minimum absolute atomic E-state index is 0.202. The van der Waals surface area contributed by atoms with Crippen molar-refractivity contribution in [2.75, 3.05) is 13.2 Å². The quantitative estimate of drug-likeness (QED) is 0.0261. The Bertz CT molecular complexity index is 1750. The summed E-state index contributed by atoms with van der Waals surface area (Å²) < 4.78 is 11.3. The highest BCUT2D eigenvalue weighted by atomic mass is 16.7. The molecule has 82 heavy (non-hydrogen) atoms. The molecule has 1 fully saturated rings. The third-order valence-electron chi connectivity index (χ3n) is 15.0. The van der Waals surface area contributed by atoms with Gasteiger partial charge in [0.2, 0.25) is 5.91 Å². The highest BCUT2D eigenvalue weighted by molar-refractivity contribution is 5.76. The number of carbonyl (C=O) groups excluding carboxylic acids is 1. The van der Waals surface area contributed by atoms with Gasteiger partial charge in [-0.1, -0.05) is 289 Å². The van der Waals surface area contributed by atoms with Gasteiger partial charge in [0.25, 0.3) is 0 Å². The monoisotopic (exact) mass is 1140 g/mol. The van der Waals surface area contributed by atoms with Gasteiger partial charge in [-0.05, 0) is 103 Å². The van der Waals surface area contributed by atoms with Gasteiger partial charge in [0.1, 0.15) is 24.4 Å². The number of carbonyl (C=O) groups is 1. The number of unbranched alkanes of at least 4 members (excludes halogenated alkanes) is 26. The molecule has 0 saturated carbocycles. The highest BCUT2D eigenvalue weighted by Gasteiger charge is 2.44. The van der Waals surface area contributed by atoms with Crippen molar-refractivity contribution in [2.45, 2.75) is 307 Å². The van der Waals surface area contributed by atoms with Gasteiger partial charge in [0, 0.05) is 6.42 Å². The fourth-order valence-corrected chi connectivity index (χ4v) is 9.75. The summed E-state index contributed by atoms with van der Waals surface area (Å²) in [4.78, 5) is 13.1. The molecule has 468 valence electrons. The van der Waals surface area contributed by atoms with E-state index in [1.54, 1.807) is 6.08 Å². The fraction of sp³-hybridized carbons (Fsp3) is 0.685. The number of allylic oxidation sites excluding steroid dienone is 21. The van der Waals surface area contributed by atoms with E-state index in [4.69, 9.17) is 9.47 Å². The van der Waals surface area contributed by atoms with Gasteiger partial charge in [0.05, 0.1) is 25.4 Å². The van der Waals surface area contributed by atoms with Crippen LogP contribution in [0, 0.1) is 0 Å². The van der Waals surface area contributed by atoms with E-state index >= 15 is 0 Å². The molecule has 0 radical (unpaired) electrons. The Morgan fingerprint density at radius 3 is 1.17 bits per heavy atom. The van der Waals surface area contributed by atoms with Gasteiger partial charge >= 0.3 is 0 Å². The molecule has 0 aromatic heterocycles. The summed E-state index contributed by atoms with van der Waals surface area (Å²) in [7, 11) is 0. The van der Waals surface area contributed by atoms with Crippen molar-refractivity contribution < 1.29 is 39.8 Å². The Morgan fingerprint density at radius 1 is 0.427 bits per heavy atom. The first kappa shape index (κ1) is 76.3. The standard InChI is InChI=1S/C73H123NO8/c1-3-5-7-9-11-13-15-17-19-21-23-25-27-29-30-31-32-33-34-35-36-37-38-39-41-43-45-47-49-51-53-55-57-59-61-63-69(77)74-66(65-81-73-72(80)71(79)70(78)68(64-75)82-73)67(76)62-60-58-56-54-52-50-48-46-44-42-40-28-26-24-22-20-18-16-14-12-10-8-6-4-2/h5,7,11,13,17,19,23,25,29-30,32-33,35-36,38-39,43,45,52,54,60,62,66-68,70-73,75-76,78-80H,3-4,6,8-10,12,14-16,18,20-22,24,26-28,31,34,37,40-42,44,46-51,53,55-59,61,63-65H2,1-2H3,(H,74,77)/b7-5-,13-11-,19-17-,25-23-,30-29-,33-32-,36-35-,39-38-,45-43-,54-52+,62-60+. The maximum atomic E-state index is 13.1. The summed E-state index contributed by atoms with van der Waals surface area (Å²) >= 11 is 0. The molecule has 7 atom stereocenters. The van der Waals surface area contributed by atoms with Crippen molar-refractivity contribution in [1.82, 2.24) is 5.32 Å². The van der Waals surface area contributed by atoms with Crippen LogP contribution < -0.4 is 5.32 Å². The van der Waals surface area contributed by atoms with Crippen molar-refractivity contribution in [3.05, 3.63) is 134 Å². The maximum absolute atomic E-state index is 13.1. The topological polar surface area (TPSA) is 149 Å². The first-order valence-corrected chi connectivity index (χ1v) is 33.4. The predicted molar refractivity (Wildman–Crippen MR) is 350 cm³/mol. The Morgan fingerprint density at radius 2 is 0.768 bits per heavy atom. The summed E-state index contributed by atoms with van der Waals surface area (Å²) in [5, 5.41) is 54.7. The maximum Gasteiger partial charge on any atom is 0.220 e. The van der Waals surface area contributed by atoms with Crippen molar-refractivity contribution in [1.29, 1.82) is 0 Å². The summed E-state index contributed by atoms with van der Waals surface area (Å²) in [6.07, 6.45) is 85.3. The second-order valence-electron chi connectivity index (χ2n) is 22.5. The van der Waals surface area contributed by atoms with Crippen LogP contribution in [0.1, 0.15) is 264 Å². The zero-order valence-electron chi connectivity index (χ0n) is 52.2. The van der Waals surface area contributed by atoms with Gasteiger partial charge in [0.15, 0.2) is 6.29 Å². The van der Waals surface area contributed by atoms with Crippen LogP contribution in [0.2, 0.25) is 0 Å². The molecule has 1 rings (SSSR count). The molecule has 1 aliphatic heterocycles. The average Bonchev–Trinajstić information content (AvgIpc) is 3.52. The average molecular weight is 1140 g/mol. The predicted octanol–water partition coefficient (Wildman–Crippen LogP) is 18.0. The van der Waals surface area contributed by atoms with E-state index in [2.05, 4.69) is 141 Å². The summed E-state index contributed by atoms with van der Waals surface area (Å²) in [6.45, 7) is 3.65. The molecule has 6 N–H and O–H groups in total. The molecule has 1 amide bonds. The van der Waals surface area contributed by atoms with Gasteiger partial charge in [-0.3, -0.25) is 4.79 Å². The molecule has 0 aliphatic carbocycles. The van der Waals surface area contributed by atoms with E-state index in [1.807, 2.05) is 6.08 Å². The van der Waals surface area contributed by atoms with Crippen LogP contribution in [0.3, 0.4) is 0 Å². The van der Waals surface area contributed by atoms with Gasteiger partial charge in [-0.2, -0.15) is 0 Å². The number of aliphatic hydroxyl groups is 5. The lowest BCUT2D eigenvalue weighted by Crippen LogP contribution is -2.60. The second-order valence-corrected chi connectivity index (χ2v) is 22.5. The van der Waals surface area contributed by atoms with Crippen LogP contribution in [0.5, 0.6) is 0 Å². The van der Waals surface area contributed by atoms with Crippen LogP contribution in [-0.2, 0) is 14.3 Å². The minimum atomic E-state index is -1.58. The van der Waals surface area contributed by atoms with Crippen molar-refractivity contribution in [2.24, 2.45) is 0 Å². The number of rotatable bonds is 56. The largest absolute Gasteiger partial charge is 0.394 e. The number of ether oxygens (including phenoxy) is 2. The third-order valence-corrected chi connectivity index (χ3v) is 15.0. The lowest BCUT2D eigenvalue weighted by atomic mass is 9.99. The number of amides is 1. The molecule has 0 aromatic carbocycles. The summed E-state index contributed by atoms with van der Waals surface area (Å²) in [5.74, 6) is -0.202. The zero-order valence-corrected chi connectivity index (χ0v) is 52.2. The Balaban J connectivity index is 2.22. The van der Waals surface area contributed by atoms with Crippen molar-refractivity contribution >= 4 is 5.91 Å². The van der Waals surface area contributed by atoms with Gasteiger partial charge in [-0.25, -0.2) is 0 Å². The fourth-order valence-electron chi connectivity index (χ4n) is 9.75. The number of aliphatic hydroxyl groups excluding tert-OH is 5. The molecule has 0 bridgehead atoms. The third kappa shape index (κ3) is 48.7. The minimum Gasteiger partial charge on any atom is -0.394 e. The molecular weight excluding hydrogens is 1020 g/mol. The smallest absolute Gasteiger partial charge is 0.220 e. The summed E-state index contributed by atoms with van der Waals surface area (Å²) in [6, 6.07) is -0.839. The SMILES string of the molecule is CC/C=C\C/C=C\C/C=C\C/C=C\C/C=C\C/C=C\C/C=C\C/C=C\C/C=C\CCCCCCCCCC(=O)NC(COC1OC(CO)C(O)C(O)C1O)C(O)/C=C/CC/C=C/CCCCCCCCCCCCCCCCCCCC. The van der Waals surface area contributed by atoms with E-state index in [9.17, 15) is 30.3 Å². The second kappa shape index (κ2) is 60.5. The molecule has 1 heterocycles. The molecule has 1 aliphatic rings. The number of hydrogen-bond donors (Lipinski definition) is 6. The molecular formula is C73H123NO8. The molecule has 1 saturated heterocycles. The zero-order chi connectivity index (χ0) is 59.3. The van der Waals surface area contributed by atoms with Crippen LogP contribution in [0.25, 0.3) is 0 Å². The first-order chi connectivity index (χ1) is 40.3. The number of hydrogen-bond acceptors (Lipinski definition) is 8. The van der Waals surface area contributed by atoms with Crippen LogP contribution in [0.4, 0.5) is 0 Å². The normalized spacial score (nSPS) is 19.2. The van der Waals surface area contributed by atoms with E-state index in [0.29, 0.717) is 6.42 Å². The first-order valence-electron chi connectivity index (χ1n) is 33.4. The molecule has 7 unspecified atom stereocenters. The Hall–Kier alpha value is -3.67. The van der Waals surface area contributed by atoms with E-state index in [1.165, 1.54) is 135 Å². The van der Waals surface area contributed by atoms with E-state index in [-0.39, 0.29) is 12.5 Å². The highest BCUT2D eigenvalue weighted by Crippen LogP contribution is 2.23. The molecule has 0 aromatic rings. The van der Waals surface area contributed by atoms with Gasteiger partial charge < -0.3 is 40.3 Å². The molecule has 9 heteroatoms. The lowest BCUT2D eigenvalue weighted by Gasteiger charge is -2.40. The van der Waals surface area contributed by atoms with Crippen molar-refractivity contribution in [3.63, 3.8) is 0 Å². The van der Waals surface area contributed by atoms with Gasteiger partial charge in [-0.15, -0.1) is 0 Å². The lowest BCUT2D eigenvalue weighted by molar-refractivity contribution is -0.302. The Kier molecular flexibility index (Phi) is 56.3. The summed E-state index contributed by atoms with van der Waals surface area (Å²) in [5.41, 5.74) is 0. The number of nitrogens with one attached hydrogen (secondary N) is 1. The van der Waals surface area contributed by atoms with Crippen molar-refractivity contribution in [3.8, 4) is 0 Å². The van der Waals surface area contributed by atoms with E-state index in [0.717, 1.165) is 109 Å². The van der Waals surface area contributed by atoms with E-state index < -0.39 is 49.5 Å². The van der Waals surface area contributed by atoms with Crippen LogP contribution >= 0.6 is 0 Å². The molecule has 0 spiro atoms. The van der Waals surface area contributed by atoms with Crippen LogP contribution in [0.15, 0.2) is 134 Å². The Labute approximate surface area is 502 Å².